The smallest absolute Gasteiger partial charge is 0.350 e. The number of esters is 1. The number of ether oxygens (including phenoxy) is 1. The third kappa shape index (κ3) is 4.00. The number of thiophene rings is 1. The van der Waals surface area contributed by atoms with Crippen LogP contribution in [0.5, 0.6) is 0 Å². The quantitative estimate of drug-likeness (QED) is 0.674. The Bertz CT molecular complexity index is 907. The molecule has 1 heterocycles. The fraction of sp³-hybridized carbons (Fsp3) is 0.158. The first-order chi connectivity index (χ1) is 12.1. The number of benzene rings is 2. The zero-order valence-corrected chi connectivity index (χ0v) is 15.1. The highest BCUT2D eigenvalue weighted by Crippen LogP contribution is 2.35. The summed E-state index contributed by atoms with van der Waals surface area (Å²) in [5, 5.41) is 3.92. The van der Waals surface area contributed by atoms with E-state index in [1.165, 1.54) is 11.3 Å². The van der Waals surface area contributed by atoms with Crippen LogP contribution in [0.25, 0.3) is 10.1 Å². The van der Waals surface area contributed by atoms with Gasteiger partial charge in [-0.05, 0) is 18.6 Å². The average molecular weight is 374 g/mol. The number of carbonyl (C=O) groups excluding carboxylic acids is 2. The van der Waals surface area contributed by atoms with Crippen molar-refractivity contribution >= 4 is 44.9 Å². The minimum Gasteiger partial charge on any atom is -0.448 e. The van der Waals surface area contributed by atoms with Crippen LogP contribution in [0.2, 0.25) is 5.02 Å². The molecule has 0 aliphatic carbocycles. The molecule has 2 aromatic carbocycles. The van der Waals surface area contributed by atoms with Crippen molar-refractivity contribution in [1.82, 2.24) is 5.32 Å². The van der Waals surface area contributed by atoms with Crippen molar-refractivity contribution in [2.45, 2.75) is 19.6 Å². The van der Waals surface area contributed by atoms with Crippen molar-refractivity contribution in [1.29, 1.82) is 0 Å². The zero-order valence-electron chi connectivity index (χ0n) is 13.5. The summed E-state index contributed by atoms with van der Waals surface area (Å²) in [6.45, 7) is 1.92. The number of hydrogen-bond donors (Lipinski definition) is 1. The molecular formula is C19H16ClNO3S. The lowest BCUT2D eigenvalue weighted by atomic mass is 10.2. The molecule has 0 radical (unpaired) electrons. The summed E-state index contributed by atoms with van der Waals surface area (Å²) in [6, 6.07) is 17.0. The van der Waals surface area contributed by atoms with Gasteiger partial charge in [-0.25, -0.2) is 4.79 Å². The predicted molar refractivity (Wildman–Crippen MR) is 100 cm³/mol. The molecule has 0 spiro atoms. The summed E-state index contributed by atoms with van der Waals surface area (Å²) in [4.78, 5) is 24.8. The molecule has 0 fully saturated rings. The Labute approximate surface area is 154 Å². The molecule has 25 heavy (non-hydrogen) atoms. The molecule has 3 aromatic rings. The van der Waals surface area contributed by atoms with Crippen LogP contribution < -0.4 is 5.32 Å². The fourth-order valence-electron chi connectivity index (χ4n) is 2.34. The third-order valence-electron chi connectivity index (χ3n) is 3.68. The Morgan fingerprint density at radius 1 is 1.12 bits per heavy atom. The van der Waals surface area contributed by atoms with E-state index in [0.717, 1.165) is 15.6 Å². The van der Waals surface area contributed by atoms with Crippen molar-refractivity contribution < 1.29 is 14.3 Å². The topological polar surface area (TPSA) is 55.4 Å². The highest BCUT2D eigenvalue weighted by Gasteiger charge is 2.23. The van der Waals surface area contributed by atoms with Crippen LogP contribution in [-0.4, -0.2) is 18.0 Å². The number of nitrogens with one attached hydrogen (secondary N) is 1. The number of fused-ring (bicyclic) bond motifs is 1. The molecule has 1 N–H and O–H groups in total. The van der Waals surface area contributed by atoms with Gasteiger partial charge in [0, 0.05) is 16.6 Å². The first-order valence-electron chi connectivity index (χ1n) is 7.76. The zero-order chi connectivity index (χ0) is 17.8. The van der Waals surface area contributed by atoms with Crippen LogP contribution >= 0.6 is 22.9 Å². The van der Waals surface area contributed by atoms with Gasteiger partial charge in [0.25, 0.3) is 5.91 Å². The summed E-state index contributed by atoms with van der Waals surface area (Å²) in [5.41, 5.74) is 0.974. The maximum absolute atomic E-state index is 12.3. The number of hydrogen-bond acceptors (Lipinski definition) is 4. The van der Waals surface area contributed by atoms with Crippen LogP contribution in [0.3, 0.4) is 0 Å². The van der Waals surface area contributed by atoms with Gasteiger partial charge in [-0.15, -0.1) is 11.3 Å². The van der Waals surface area contributed by atoms with Gasteiger partial charge in [0.05, 0.1) is 5.02 Å². The summed E-state index contributed by atoms with van der Waals surface area (Å²) in [5.74, 6) is -0.942. The molecule has 0 aliphatic heterocycles. The highest BCUT2D eigenvalue weighted by atomic mass is 35.5. The van der Waals surface area contributed by atoms with Crippen molar-refractivity contribution in [3.05, 3.63) is 70.1 Å². The number of carbonyl (C=O) groups is 2. The van der Waals surface area contributed by atoms with Gasteiger partial charge in [-0.1, -0.05) is 60.1 Å². The van der Waals surface area contributed by atoms with Crippen LogP contribution in [0.1, 0.15) is 22.2 Å². The number of rotatable bonds is 5. The Morgan fingerprint density at radius 2 is 1.80 bits per heavy atom. The van der Waals surface area contributed by atoms with Gasteiger partial charge in [0.15, 0.2) is 6.10 Å². The van der Waals surface area contributed by atoms with E-state index in [2.05, 4.69) is 5.32 Å². The van der Waals surface area contributed by atoms with E-state index >= 15 is 0 Å². The monoisotopic (exact) mass is 373 g/mol. The van der Waals surface area contributed by atoms with E-state index in [1.807, 2.05) is 54.6 Å². The Hall–Kier alpha value is -2.37. The molecule has 1 atom stereocenters. The van der Waals surface area contributed by atoms with Gasteiger partial charge >= 0.3 is 5.97 Å². The van der Waals surface area contributed by atoms with Gasteiger partial charge in [-0.2, -0.15) is 0 Å². The standard InChI is InChI=1S/C19H16ClNO3S/c1-12(18(22)21-11-13-7-3-2-4-8-13)24-19(23)17-16(20)14-9-5-6-10-15(14)25-17/h2-10,12H,11H2,1H3,(H,21,22)/t12-/m0/s1. The molecule has 0 bridgehead atoms. The Morgan fingerprint density at radius 3 is 2.52 bits per heavy atom. The second-order valence-electron chi connectivity index (χ2n) is 5.49. The maximum atomic E-state index is 12.3. The van der Waals surface area contributed by atoms with Gasteiger partial charge < -0.3 is 10.1 Å². The van der Waals surface area contributed by atoms with E-state index < -0.39 is 12.1 Å². The molecule has 6 heteroatoms. The summed E-state index contributed by atoms with van der Waals surface area (Å²) in [7, 11) is 0. The fourth-order valence-corrected chi connectivity index (χ4v) is 3.73. The van der Waals surface area contributed by atoms with Crippen molar-refractivity contribution in [2.24, 2.45) is 0 Å². The van der Waals surface area contributed by atoms with E-state index in [0.29, 0.717) is 16.4 Å². The second kappa shape index (κ2) is 7.68. The van der Waals surface area contributed by atoms with Crippen LogP contribution in [0.4, 0.5) is 0 Å². The van der Waals surface area contributed by atoms with Crippen molar-refractivity contribution in [2.75, 3.05) is 0 Å². The highest BCUT2D eigenvalue weighted by molar-refractivity contribution is 7.21. The second-order valence-corrected chi connectivity index (χ2v) is 6.92. The Kier molecular flexibility index (Phi) is 5.36. The molecule has 1 aromatic heterocycles. The number of halogens is 1. The normalized spacial score (nSPS) is 11.9. The first-order valence-corrected chi connectivity index (χ1v) is 8.95. The first kappa shape index (κ1) is 17.5. The van der Waals surface area contributed by atoms with Crippen molar-refractivity contribution in [3.63, 3.8) is 0 Å². The largest absolute Gasteiger partial charge is 0.448 e. The van der Waals surface area contributed by atoms with Gasteiger partial charge in [-0.3, -0.25) is 4.79 Å². The van der Waals surface area contributed by atoms with Crippen LogP contribution in [0.15, 0.2) is 54.6 Å². The van der Waals surface area contributed by atoms with E-state index in [1.54, 1.807) is 6.92 Å². The minimum absolute atomic E-state index is 0.311. The molecule has 128 valence electrons. The van der Waals surface area contributed by atoms with E-state index in [9.17, 15) is 9.59 Å². The summed E-state index contributed by atoms with van der Waals surface area (Å²) >= 11 is 7.52. The van der Waals surface area contributed by atoms with Gasteiger partial charge in [0.2, 0.25) is 0 Å². The molecule has 0 saturated heterocycles. The summed E-state index contributed by atoms with van der Waals surface area (Å²) < 4.78 is 6.18. The predicted octanol–water partition coefficient (Wildman–Crippen LogP) is 4.42. The van der Waals surface area contributed by atoms with Crippen LogP contribution in [-0.2, 0) is 16.1 Å². The minimum atomic E-state index is -0.905. The lowest BCUT2D eigenvalue weighted by Gasteiger charge is -2.13. The average Bonchev–Trinajstić information content (AvgIpc) is 2.97. The number of amides is 1. The van der Waals surface area contributed by atoms with E-state index in [-0.39, 0.29) is 5.91 Å². The molecule has 0 aliphatic rings. The Balaban J connectivity index is 1.63. The summed E-state index contributed by atoms with van der Waals surface area (Å²) in [6.07, 6.45) is -0.905. The van der Waals surface area contributed by atoms with Gasteiger partial charge in [0.1, 0.15) is 4.88 Å². The lowest BCUT2D eigenvalue weighted by Crippen LogP contribution is -2.35. The molecule has 1 amide bonds. The SMILES string of the molecule is C[C@H](OC(=O)c1sc2ccccc2c1Cl)C(=O)NCc1ccccc1. The maximum Gasteiger partial charge on any atom is 0.350 e. The van der Waals surface area contributed by atoms with Crippen molar-refractivity contribution in [3.8, 4) is 0 Å². The molecular weight excluding hydrogens is 358 g/mol. The molecule has 4 nitrogen and oxygen atoms in total. The van der Waals surface area contributed by atoms with Crippen LogP contribution in [0, 0.1) is 0 Å². The molecule has 0 saturated carbocycles. The molecule has 3 rings (SSSR count). The lowest BCUT2D eigenvalue weighted by molar-refractivity contribution is -0.129. The third-order valence-corrected chi connectivity index (χ3v) is 5.34. The van der Waals surface area contributed by atoms with E-state index in [4.69, 9.17) is 16.3 Å². The molecule has 0 unspecified atom stereocenters.